The van der Waals surface area contributed by atoms with Gasteiger partial charge in [0.15, 0.2) is 0 Å². The summed E-state index contributed by atoms with van der Waals surface area (Å²) in [4.78, 5) is 12.2. The van der Waals surface area contributed by atoms with E-state index in [2.05, 4.69) is 4.72 Å². The highest BCUT2D eigenvalue weighted by Gasteiger charge is 2.17. The first-order chi connectivity index (χ1) is 14.3. The molecular weight excluding hydrogens is 420 g/mol. The summed E-state index contributed by atoms with van der Waals surface area (Å²) in [5.41, 5.74) is 0.749. The largest absolute Gasteiger partial charge is 0.492 e. The fourth-order valence-corrected chi connectivity index (χ4v) is 5.52. The Morgan fingerprint density at radius 1 is 1.03 bits per heavy atom. The van der Waals surface area contributed by atoms with Gasteiger partial charge in [0.1, 0.15) is 12.4 Å². The van der Waals surface area contributed by atoms with Crippen LogP contribution in [0.4, 0.5) is 0 Å². The number of fused-ring (bicyclic) bond motifs is 2. The molecule has 0 aliphatic carbocycles. The van der Waals surface area contributed by atoms with Crippen molar-refractivity contribution in [1.82, 2.24) is 9.29 Å². The van der Waals surface area contributed by atoms with E-state index in [0.29, 0.717) is 10.4 Å². The van der Waals surface area contributed by atoms with Crippen LogP contribution in [0, 0.1) is 0 Å². The summed E-state index contributed by atoms with van der Waals surface area (Å²) < 4.78 is 35.9. The van der Waals surface area contributed by atoms with Gasteiger partial charge in [-0.15, -0.1) is 0 Å². The molecule has 0 spiro atoms. The molecule has 0 radical (unpaired) electrons. The van der Waals surface area contributed by atoms with Crippen molar-refractivity contribution in [2.24, 2.45) is 0 Å². The highest BCUT2D eigenvalue weighted by Crippen LogP contribution is 2.24. The van der Waals surface area contributed by atoms with Crippen LogP contribution < -0.4 is 14.3 Å². The zero-order valence-electron chi connectivity index (χ0n) is 16.7. The lowest BCUT2D eigenvalue weighted by atomic mass is 10.1. The maximum absolute atomic E-state index is 12.6. The van der Waals surface area contributed by atoms with Crippen LogP contribution in [0.25, 0.3) is 21.0 Å². The van der Waals surface area contributed by atoms with Gasteiger partial charge in [-0.2, -0.15) is 0 Å². The van der Waals surface area contributed by atoms with Crippen LogP contribution in [0.2, 0.25) is 0 Å². The van der Waals surface area contributed by atoms with Crippen molar-refractivity contribution in [3.05, 3.63) is 70.3 Å². The van der Waals surface area contributed by atoms with Crippen molar-refractivity contribution in [3.8, 4) is 5.75 Å². The Hall–Kier alpha value is -2.68. The summed E-state index contributed by atoms with van der Waals surface area (Å²) in [6.07, 6.45) is 0. The molecule has 0 saturated heterocycles. The number of nitrogens with zero attached hydrogens (tertiary/aromatic N) is 1. The zero-order valence-corrected chi connectivity index (χ0v) is 18.3. The van der Waals surface area contributed by atoms with E-state index in [1.165, 1.54) is 6.07 Å². The van der Waals surface area contributed by atoms with Crippen LogP contribution in [0.1, 0.15) is 19.9 Å². The van der Waals surface area contributed by atoms with Crippen molar-refractivity contribution in [1.29, 1.82) is 0 Å². The van der Waals surface area contributed by atoms with Crippen molar-refractivity contribution >= 4 is 42.3 Å². The van der Waals surface area contributed by atoms with Gasteiger partial charge in [-0.1, -0.05) is 41.7 Å². The highest BCUT2D eigenvalue weighted by molar-refractivity contribution is 7.89. The summed E-state index contributed by atoms with van der Waals surface area (Å²) >= 11 is 1.05. The molecule has 156 valence electrons. The van der Waals surface area contributed by atoms with E-state index in [1.807, 2.05) is 56.3 Å². The van der Waals surface area contributed by atoms with E-state index in [-0.39, 0.29) is 29.0 Å². The fraction of sp³-hybridized carbons (Fsp3) is 0.227. The summed E-state index contributed by atoms with van der Waals surface area (Å²) in [5.74, 6) is 0.689. The van der Waals surface area contributed by atoms with Crippen LogP contribution in [-0.2, 0) is 10.0 Å². The molecule has 4 aromatic rings. The van der Waals surface area contributed by atoms with E-state index in [0.717, 1.165) is 27.6 Å². The van der Waals surface area contributed by atoms with Crippen LogP contribution in [0.5, 0.6) is 5.75 Å². The zero-order chi connectivity index (χ0) is 21.3. The molecule has 0 atom stereocenters. The van der Waals surface area contributed by atoms with E-state index in [9.17, 15) is 13.2 Å². The SMILES string of the molecule is CC(C)n1c(=O)sc2cc(S(=O)(=O)NCCOc3ccc4ccccc4c3)ccc21. The molecule has 0 fully saturated rings. The number of thiazole rings is 1. The fourth-order valence-electron chi connectivity index (χ4n) is 3.36. The number of nitrogens with one attached hydrogen (secondary N) is 1. The van der Waals surface area contributed by atoms with Crippen LogP contribution in [0.15, 0.2) is 70.4 Å². The Balaban J connectivity index is 1.43. The van der Waals surface area contributed by atoms with Gasteiger partial charge in [0, 0.05) is 12.6 Å². The van der Waals surface area contributed by atoms with Gasteiger partial charge in [-0.3, -0.25) is 9.36 Å². The van der Waals surface area contributed by atoms with Crippen LogP contribution >= 0.6 is 11.3 Å². The first kappa shape index (κ1) is 20.6. The number of aromatic nitrogens is 1. The van der Waals surface area contributed by atoms with Gasteiger partial charge in [-0.25, -0.2) is 13.1 Å². The van der Waals surface area contributed by atoms with Gasteiger partial charge in [0.05, 0.1) is 15.1 Å². The number of hydrogen-bond donors (Lipinski definition) is 1. The van der Waals surface area contributed by atoms with Crippen molar-refractivity contribution in [2.45, 2.75) is 24.8 Å². The topological polar surface area (TPSA) is 77.4 Å². The Labute approximate surface area is 178 Å². The standard InChI is InChI=1S/C22H22N2O4S2/c1-15(2)24-20-10-9-19(14-21(20)29-22(24)25)30(26,27)23-11-12-28-18-8-7-16-5-3-4-6-17(16)13-18/h3-10,13-15,23H,11-12H2,1-2H3. The molecule has 0 aliphatic rings. The Kier molecular flexibility index (Phi) is 5.64. The lowest BCUT2D eigenvalue weighted by molar-refractivity contribution is 0.323. The minimum atomic E-state index is -3.70. The summed E-state index contributed by atoms with van der Waals surface area (Å²) in [7, 11) is -3.70. The molecular formula is C22H22N2O4S2. The van der Waals surface area contributed by atoms with E-state index in [1.54, 1.807) is 16.7 Å². The van der Waals surface area contributed by atoms with Crippen molar-refractivity contribution in [2.75, 3.05) is 13.2 Å². The molecule has 1 aromatic heterocycles. The normalized spacial score (nSPS) is 12.1. The minimum absolute atomic E-state index is 0.0130. The average molecular weight is 443 g/mol. The quantitative estimate of drug-likeness (QED) is 0.436. The minimum Gasteiger partial charge on any atom is -0.492 e. The third-order valence-electron chi connectivity index (χ3n) is 4.80. The lowest BCUT2D eigenvalue weighted by Crippen LogP contribution is -2.28. The second-order valence-corrected chi connectivity index (χ2v) is 9.98. The van der Waals surface area contributed by atoms with Crippen molar-refractivity contribution in [3.63, 3.8) is 0 Å². The number of benzene rings is 3. The van der Waals surface area contributed by atoms with Crippen LogP contribution in [0.3, 0.4) is 0 Å². The molecule has 0 aliphatic heterocycles. The van der Waals surface area contributed by atoms with Gasteiger partial charge in [0.2, 0.25) is 10.0 Å². The van der Waals surface area contributed by atoms with Crippen molar-refractivity contribution < 1.29 is 13.2 Å². The van der Waals surface area contributed by atoms with E-state index >= 15 is 0 Å². The molecule has 0 unspecified atom stereocenters. The Morgan fingerprint density at radius 3 is 2.57 bits per heavy atom. The molecule has 0 bridgehead atoms. The molecule has 4 rings (SSSR count). The lowest BCUT2D eigenvalue weighted by Gasteiger charge is -2.10. The third kappa shape index (κ3) is 4.12. The van der Waals surface area contributed by atoms with E-state index in [4.69, 9.17) is 4.74 Å². The number of rotatable bonds is 7. The summed E-state index contributed by atoms with van der Waals surface area (Å²) in [6.45, 7) is 4.19. The molecule has 1 heterocycles. The third-order valence-corrected chi connectivity index (χ3v) is 7.17. The summed E-state index contributed by atoms with van der Waals surface area (Å²) in [5, 5.41) is 2.19. The second kappa shape index (κ2) is 8.22. The first-order valence-electron chi connectivity index (χ1n) is 9.61. The Bertz CT molecular complexity index is 1370. The molecule has 0 saturated carbocycles. The summed E-state index contributed by atoms with van der Waals surface area (Å²) in [6, 6.07) is 18.5. The number of sulfonamides is 1. The van der Waals surface area contributed by atoms with Gasteiger partial charge < -0.3 is 4.74 Å². The smallest absolute Gasteiger partial charge is 0.308 e. The second-order valence-electron chi connectivity index (χ2n) is 7.22. The molecule has 30 heavy (non-hydrogen) atoms. The highest BCUT2D eigenvalue weighted by atomic mass is 32.2. The van der Waals surface area contributed by atoms with Crippen LogP contribution in [-0.4, -0.2) is 26.1 Å². The monoisotopic (exact) mass is 442 g/mol. The molecule has 3 aromatic carbocycles. The molecule has 0 amide bonds. The predicted octanol–water partition coefficient (Wildman–Crippen LogP) is 4.15. The number of ether oxygens (including phenoxy) is 1. The van der Waals surface area contributed by atoms with Gasteiger partial charge in [0.25, 0.3) is 0 Å². The Morgan fingerprint density at radius 2 is 1.80 bits per heavy atom. The predicted molar refractivity (Wildman–Crippen MR) is 121 cm³/mol. The maximum atomic E-state index is 12.6. The average Bonchev–Trinajstić information content (AvgIpc) is 3.06. The molecule has 6 nitrogen and oxygen atoms in total. The maximum Gasteiger partial charge on any atom is 0.308 e. The number of hydrogen-bond acceptors (Lipinski definition) is 5. The molecule has 1 N–H and O–H groups in total. The molecule has 8 heteroatoms. The van der Waals surface area contributed by atoms with Gasteiger partial charge in [-0.05, 0) is 55.0 Å². The first-order valence-corrected chi connectivity index (χ1v) is 11.9. The van der Waals surface area contributed by atoms with Gasteiger partial charge >= 0.3 is 4.87 Å². The van der Waals surface area contributed by atoms with E-state index < -0.39 is 10.0 Å².